The number of hydrogen-bond donors (Lipinski definition) is 0. The van der Waals surface area contributed by atoms with Crippen molar-refractivity contribution in [2.24, 2.45) is 0 Å². The zero-order chi connectivity index (χ0) is 7.98. The summed E-state index contributed by atoms with van der Waals surface area (Å²) >= 11 is 2.29. The van der Waals surface area contributed by atoms with Gasteiger partial charge in [-0.3, -0.25) is 4.79 Å². The van der Waals surface area contributed by atoms with Crippen molar-refractivity contribution in [3.05, 3.63) is 23.3 Å². The Bertz CT molecular complexity index is 168. The van der Waals surface area contributed by atoms with E-state index < -0.39 is 0 Å². The first-order valence-corrected chi connectivity index (χ1v) is 4.58. The van der Waals surface area contributed by atoms with Crippen molar-refractivity contribution in [3.63, 3.8) is 0 Å². The van der Waals surface area contributed by atoms with Crippen LogP contribution in [0.4, 0.5) is 0 Å². The zero-order valence-corrected chi connectivity index (χ0v) is 8.38. The molecule has 0 unspecified atom stereocenters. The first-order valence-electron chi connectivity index (χ1n) is 3.06. The van der Waals surface area contributed by atoms with Crippen LogP contribution in [-0.4, -0.2) is 10.7 Å². The number of aldehydes is 1. The van der Waals surface area contributed by atoms with Gasteiger partial charge in [-0.05, 0) is 25.5 Å². The number of allylic oxidation sites excluding steroid dienone is 4. The molecule has 0 atom stereocenters. The van der Waals surface area contributed by atoms with Gasteiger partial charge in [0.25, 0.3) is 0 Å². The SMILES string of the molecule is CC(=C/C=O)/C=C(/C)CI. The lowest BCUT2D eigenvalue weighted by molar-refractivity contribution is -0.104. The van der Waals surface area contributed by atoms with Gasteiger partial charge in [0.15, 0.2) is 0 Å². The van der Waals surface area contributed by atoms with Gasteiger partial charge in [0.2, 0.25) is 0 Å². The van der Waals surface area contributed by atoms with Gasteiger partial charge in [-0.1, -0.05) is 34.2 Å². The Morgan fingerprint density at radius 1 is 1.50 bits per heavy atom. The van der Waals surface area contributed by atoms with Gasteiger partial charge in [-0.2, -0.15) is 0 Å². The van der Waals surface area contributed by atoms with Crippen molar-refractivity contribution in [3.8, 4) is 0 Å². The predicted molar refractivity (Wildman–Crippen MR) is 52.5 cm³/mol. The largest absolute Gasteiger partial charge is 0.299 e. The molecule has 0 fully saturated rings. The summed E-state index contributed by atoms with van der Waals surface area (Å²) in [5, 5.41) is 0. The van der Waals surface area contributed by atoms with Crippen molar-refractivity contribution < 1.29 is 4.79 Å². The van der Waals surface area contributed by atoms with Crippen LogP contribution in [0.25, 0.3) is 0 Å². The molecule has 0 bridgehead atoms. The molecule has 0 heterocycles. The molecule has 0 amide bonds. The van der Waals surface area contributed by atoms with Crippen molar-refractivity contribution >= 4 is 28.9 Å². The van der Waals surface area contributed by atoms with Gasteiger partial charge in [0.05, 0.1) is 0 Å². The standard InChI is InChI=1S/C8H11IO/c1-7(3-4-10)5-8(2)6-9/h3-5H,6H2,1-2H3/b7-3-,8-5-. The van der Waals surface area contributed by atoms with Crippen LogP contribution in [0.1, 0.15) is 13.8 Å². The second-order valence-electron chi connectivity index (χ2n) is 2.17. The maximum Gasteiger partial charge on any atom is 0.143 e. The van der Waals surface area contributed by atoms with Crippen molar-refractivity contribution in [1.82, 2.24) is 0 Å². The topological polar surface area (TPSA) is 17.1 Å². The zero-order valence-electron chi connectivity index (χ0n) is 6.23. The summed E-state index contributed by atoms with van der Waals surface area (Å²) in [6, 6.07) is 0. The van der Waals surface area contributed by atoms with E-state index in [0.717, 1.165) is 16.3 Å². The lowest BCUT2D eigenvalue weighted by Crippen LogP contribution is -1.77. The summed E-state index contributed by atoms with van der Waals surface area (Å²) in [6.45, 7) is 3.97. The fourth-order valence-corrected chi connectivity index (χ4v) is 0.803. The molecule has 0 aromatic carbocycles. The lowest BCUT2D eigenvalue weighted by Gasteiger charge is -1.92. The van der Waals surface area contributed by atoms with Crippen molar-refractivity contribution in [1.29, 1.82) is 0 Å². The molecular formula is C8H11IO. The van der Waals surface area contributed by atoms with E-state index in [1.165, 1.54) is 5.57 Å². The number of halogens is 1. The highest BCUT2D eigenvalue weighted by molar-refractivity contribution is 14.1. The maximum absolute atomic E-state index is 9.98. The molecule has 0 aromatic rings. The third-order valence-corrected chi connectivity index (χ3v) is 2.22. The molecule has 0 rings (SSSR count). The molecule has 56 valence electrons. The number of carbonyl (C=O) groups excluding carboxylic acids is 1. The summed E-state index contributed by atoms with van der Waals surface area (Å²) in [6.07, 6.45) is 4.39. The summed E-state index contributed by atoms with van der Waals surface area (Å²) in [5.74, 6) is 0. The fourth-order valence-electron chi connectivity index (χ4n) is 0.583. The predicted octanol–water partition coefficient (Wildman–Crippen LogP) is 2.51. The molecule has 0 aliphatic carbocycles. The number of hydrogen-bond acceptors (Lipinski definition) is 1. The Labute approximate surface area is 75.3 Å². The third-order valence-electron chi connectivity index (χ3n) is 1.02. The normalized spacial score (nSPS) is 13.5. The van der Waals surface area contributed by atoms with Gasteiger partial charge in [-0.25, -0.2) is 0 Å². The Balaban J connectivity index is 4.11. The number of alkyl halides is 1. The molecular weight excluding hydrogens is 239 g/mol. The van der Waals surface area contributed by atoms with E-state index in [-0.39, 0.29) is 0 Å². The van der Waals surface area contributed by atoms with Crippen LogP contribution >= 0.6 is 22.6 Å². The van der Waals surface area contributed by atoms with Crippen LogP contribution in [0.5, 0.6) is 0 Å². The van der Waals surface area contributed by atoms with E-state index in [9.17, 15) is 4.79 Å². The molecule has 1 nitrogen and oxygen atoms in total. The lowest BCUT2D eigenvalue weighted by atomic mass is 10.2. The fraction of sp³-hybridized carbons (Fsp3) is 0.375. The molecule has 10 heavy (non-hydrogen) atoms. The average molecular weight is 250 g/mol. The monoisotopic (exact) mass is 250 g/mol. The van der Waals surface area contributed by atoms with Gasteiger partial charge >= 0.3 is 0 Å². The first-order chi connectivity index (χ1) is 4.70. The first kappa shape index (κ1) is 9.88. The highest BCUT2D eigenvalue weighted by Crippen LogP contribution is 2.03. The molecule has 0 aliphatic heterocycles. The highest BCUT2D eigenvalue weighted by atomic mass is 127. The minimum absolute atomic E-state index is 0.812. The average Bonchev–Trinajstić information content (AvgIpc) is 1.88. The Kier molecular flexibility index (Phi) is 5.58. The Morgan fingerprint density at radius 2 is 2.10 bits per heavy atom. The molecule has 0 aromatic heterocycles. The second-order valence-corrected chi connectivity index (χ2v) is 2.93. The Hall–Kier alpha value is -0.120. The van der Waals surface area contributed by atoms with E-state index in [1.807, 2.05) is 13.0 Å². The highest BCUT2D eigenvalue weighted by Gasteiger charge is 1.85. The molecule has 0 spiro atoms. The molecule has 0 aliphatic rings. The minimum Gasteiger partial charge on any atom is -0.299 e. The smallest absolute Gasteiger partial charge is 0.143 e. The van der Waals surface area contributed by atoms with Crippen LogP contribution in [0.2, 0.25) is 0 Å². The van der Waals surface area contributed by atoms with Crippen LogP contribution in [0.3, 0.4) is 0 Å². The van der Waals surface area contributed by atoms with E-state index >= 15 is 0 Å². The summed E-state index contributed by atoms with van der Waals surface area (Å²) in [4.78, 5) is 9.98. The van der Waals surface area contributed by atoms with E-state index in [4.69, 9.17) is 0 Å². The van der Waals surface area contributed by atoms with Crippen LogP contribution in [0.15, 0.2) is 23.3 Å². The van der Waals surface area contributed by atoms with Gasteiger partial charge in [0, 0.05) is 4.43 Å². The summed E-state index contributed by atoms with van der Waals surface area (Å²) < 4.78 is 1.02. The molecule has 0 N–H and O–H groups in total. The number of rotatable bonds is 3. The van der Waals surface area contributed by atoms with Gasteiger partial charge in [-0.15, -0.1) is 0 Å². The Morgan fingerprint density at radius 3 is 2.50 bits per heavy atom. The quantitative estimate of drug-likeness (QED) is 0.247. The van der Waals surface area contributed by atoms with Crippen LogP contribution in [-0.2, 0) is 4.79 Å². The number of carbonyl (C=O) groups is 1. The van der Waals surface area contributed by atoms with Crippen LogP contribution in [0, 0.1) is 0 Å². The minimum atomic E-state index is 0.812. The van der Waals surface area contributed by atoms with Gasteiger partial charge in [0.1, 0.15) is 6.29 Å². The third kappa shape index (κ3) is 4.73. The van der Waals surface area contributed by atoms with Gasteiger partial charge < -0.3 is 0 Å². The maximum atomic E-state index is 9.98. The van der Waals surface area contributed by atoms with E-state index in [2.05, 4.69) is 29.5 Å². The molecule has 2 heteroatoms. The second kappa shape index (κ2) is 5.65. The van der Waals surface area contributed by atoms with Crippen molar-refractivity contribution in [2.75, 3.05) is 4.43 Å². The van der Waals surface area contributed by atoms with Crippen LogP contribution < -0.4 is 0 Å². The molecule has 0 saturated heterocycles. The molecule has 0 saturated carbocycles. The van der Waals surface area contributed by atoms with E-state index in [0.29, 0.717) is 0 Å². The summed E-state index contributed by atoms with van der Waals surface area (Å²) in [5.41, 5.74) is 2.31. The van der Waals surface area contributed by atoms with Crippen molar-refractivity contribution in [2.45, 2.75) is 13.8 Å². The van der Waals surface area contributed by atoms with E-state index in [1.54, 1.807) is 6.08 Å². The summed E-state index contributed by atoms with van der Waals surface area (Å²) in [7, 11) is 0. The molecule has 0 radical (unpaired) electrons.